The predicted molar refractivity (Wildman–Crippen MR) is 177 cm³/mol. The van der Waals surface area contributed by atoms with Crippen LogP contribution >= 0.6 is 12.4 Å². The lowest BCUT2D eigenvalue weighted by molar-refractivity contribution is -0.127. The molecule has 11 heteroatoms. The number of ether oxygens (including phenoxy) is 1. The smallest absolute Gasteiger partial charge is 0.275 e. The molecule has 1 saturated heterocycles. The van der Waals surface area contributed by atoms with Gasteiger partial charge in [0.15, 0.2) is 0 Å². The second kappa shape index (κ2) is 14.4. The number of nitrogens with two attached hydrogens (primary N) is 1. The molecule has 3 aromatic carbocycles. The first-order chi connectivity index (χ1) is 21.5. The van der Waals surface area contributed by atoms with E-state index in [4.69, 9.17) is 10.5 Å². The maximum atomic E-state index is 15.7. The Morgan fingerprint density at radius 3 is 2.22 bits per heavy atom. The van der Waals surface area contributed by atoms with Crippen molar-refractivity contribution in [1.82, 2.24) is 9.80 Å². The lowest BCUT2D eigenvalue weighted by Gasteiger charge is -2.35. The Bertz CT molecular complexity index is 1600. The maximum Gasteiger partial charge on any atom is 0.275 e. The van der Waals surface area contributed by atoms with Crippen LogP contribution in [0.1, 0.15) is 52.2 Å². The second-order valence-electron chi connectivity index (χ2n) is 11.7. The molecule has 244 valence electrons. The van der Waals surface area contributed by atoms with Crippen LogP contribution in [-0.2, 0) is 9.59 Å². The van der Waals surface area contributed by atoms with Crippen molar-refractivity contribution < 1.29 is 27.9 Å². The molecule has 3 aromatic rings. The molecule has 0 radical (unpaired) electrons. The topological polar surface area (TPSA) is 96.2 Å². The summed E-state index contributed by atoms with van der Waals surface area (Å²) in [5, 5.41) is 0. The van der Waals surface area contributed by atoms with E-state index in [0.29, 0.717) is 41.7 Å². The minimum absolute atomic E-state index is 0. The van der Waals surface area contributed by atoms with Crippen LogP contribution in [0, 0.1) is 0 Å². The summed E-state index contributed by atoms with van der Waals surface area (Å²) >= 11 is 0. The minimum atomic E-state index is -3.34. The summed E-state index contributed by atoms with van der Waals surface area (Å²) in [6.07, 6.45) is 1.95. The lowest BCUT2D eigenvalue weighted by atomic mass is 9.89. The van der Waals surface area contributed by atoms with E-state index in [1.54, 1.807) is 71.6 Å². The fraction of sp³-hybridized carbons (Fsp3) is 0.343. The molecular formula is C35H39ClF2N4O4. The van der Waals surface area contributed by atoms with Gasteiger partial charge in [0.25, 0.3) is 11.8 Å². The molecule has 8 nitrogen and oxygen atoms in total. The number of primary amides is 1. The Balaban J connectivity index is 0.00000480. The van der Waals surface area contributed by atoms with Crippen molar-refractivity contribution >= 4 is 41.4 Å². The number of nitrogens with zero attached hydrogens (tertiary/aromatic N) is 3. The summed E-state index contributed by atoms with van der Waals surface area (Å²) in [6.45, 7) is 0.732. The molecule has 46 heavy (non-hydrogen) atoms. The van der Waals surface area contributed by atoms with Gasteiger partial charge in [0.1, 0.15) is 5.75 Å². The van der Waals surface area contributed by atoms with Crippen molar-refractivity contribution in [3.63, 3.8) is 0 Å². The monoisotopic (exact) mass is 652 g/mol. The lowest BCUT2D eigenvalue weighted by Crippen LogP contribution is -2.44. The molecule has 1 atom stereocenters. The first-order valence-corrected chi connectivity index (χ1v) is 15.0. The molecule has 2 N–H and O–H groups in total. The number of fused-ring (bicyclic) bond motifs is 1. The van der Waals surface area contributed by atoms with Gasteiger partial charge in [-0.05, 0) is 56.8 Å². The van der Waals surface area contributed by atoms with Crippen LogP contribution in [0.15, 0.2) is 78.9 Å². The number of methoxy groups -OCH3 is 1. The summed E-state index contributed by atoms with van der Waals surface area (Å²) in [7, 11) is 5.49. The molecule has 0 saturated carbocycles. The first-order valence-electron chi connectivity index (χ1n) is 15.0. The number of hydrogen-bond donors (Lipinski definition) is 1. The number of likely N-dealkylation sites (tertiary alicyclic amines) is 1. The quantitative estimate of drug-likeness (QED) is 0.347. The Hall–Kier alpha value is -4.28. The number of anilines is 1. The van der Waals surface area contributed by atoms with Crippen LogP contribution in [-0.4, -0.2) is 80.3 Å². The zero-order valence-corrected chi connectivity index (χ0v) is 26.9. The number of halogens is 3. The van der Waals surface area contributed by atoms with E-state index >= 15 is 8.78 Å². The number of hydrogen-bond acceptors (Lipinski definition) is 5. The van der Waals surface area contributed by atoms with Crippen molar-refractivity contribution in [2.75, 3.05) is 45.7 Å². The van der Waals surface area contributed by atoms with Gasteiger partial charge in [-0.25, -0.2) is 8.78 Å². The van der Waals surface area contributed by atoms with E-state index in [2.05, 4.69) is 4.90 Å². The maximum absolute atomic E-state index is 15.7. The number of allylic oxidation sites excluding steroid dienone is 1. The van der Waals surface area contributed by atoms with Crippen molar-refractivity contribution in [1.29, 1.82) is 0 Å². The summed E-state index contributed by atoms with van der Waals surface area (Å²) < 4.78 is 36.9. The molecule has 2 aliphatic rings. The molecule has 0 bridgehead atoms. The third-order valence-corrected chi connectivity index (χ3v) is 8.77. The van der Waals surface area contributed by atoms with Gasteiger partial charge in [-0.1, -0.05) is 48.5 Å². The summed E-state index contributed by atoms with van der Waals surface area (Å²) in [4.78, 5) is 44.7. The highest BCUT2D eigenvalue weighted by Gasteiger charge is 2.42. The van der Waals surface area contributed by atoms with Crippen LogP contribution in [0.3, 0.4) is 0 Å². The fourth-order valence-corrected chi connectivity index (χ4v) is 6.23. The highest BCUT2D eigenvalue weighted by atomic mass is 35.5. The molecule has 1 fully saturated rings. The fourth-order valence-electron chi connectivity index (χ4n) is 6.23. The minimum Gasteiger partial charge on any atom is -0.496 e. The number of carbonyl (C=O) groups is 3. The largest absolute Gasteiger partial charge is 0.496 e. The predicted octanol–water partition coefficient (Wildman–Crippen LogP) is 5.36. The highest BCUT2D eigenvalue weighted by molar-refractivity contribution is 6.09. The van der Waals surface area contributed by atoms with Gasteiger partial charge in [0, 0.05) is 60.4 Å². The first kappa shape index (κ1) is 34.6. The number of amides is 3. The van der Waals surface area contributed by atoms with Crippen molar-refractivity contribution in [2.45, 2.75) is 37.1 Å². The van der Waals surface area contributed by atoms with Gasteiger partial charge in [0.05, 0.1) is 18.7 Å². The molecule has 2 heterocycles. The number of para-hydroxylation sites is 2. The van der Waals surface area contributed by atoms with Crippen LogP contribution in [0.4, 0.5) is 14.5 Å². The number of piperidine rings is 1. The van der Waals surface area contributed by atoms with Crippen molar-refractivity contribution in [3.8, 4) is 5.75 Å². The van der Waals surface area contributed by atoms with Gasteiger partial charge in [-0.3, -0.25) is 14.4 Å². The molecule has 0 aliphatic carbocycles. The molecule has 3 amide bonds. The van der Waals surface area contributed by atoms with E-state index in [1.165, 1.54) is 18.1 Å². The number of rotatable bonds is 7. The zero-order chi connectivity index (χ0) is 32.3. The second-order valence-corrected chi connectivity index (χ2v) is 11.7. The number of alkyl halides is 2. The van der Waals surface area contributed by atoms with E-state index in [1.807, 2.05) is 14.1 Å². The normalized spacial score (nSPS) is 17.9. The van der Waals surface area contributed by atoms with Gasteiger partial charge >= 0.3 is 0 Å². The van der Waals surface area contributed by atoms with Crippen LogP contribution in [0.25, 0.3) is 5.57 Å². The van der Waals surface area contributed by atoms with Gasteiger partial charge in [-0.2, -0.15) is 0 Å². The summed E-state index contributed by atoms with van der Waals surface area (Å²) in [6, 6.07) is 20.3. The standard InChI is InChI=1S/C35H38F2N4O4.ClH/c1-39(2)25-16-19-40(20-17-25)31(42)22-28-26-8-4-6-10-29(26)41(21-18-35(28,36)37)34(44)24-14-12-23(13-15-24)32(33(38)43)27-9-5-7-11-30(27)45-3;/h4-15,22,25,32H,16-21H2,1-3H3,(H2,38,43);1H/b28-22-;. The average Bonchev–Trinajstić information content (AvgIpc) is 3.14. The molecule has 1 unspecified atom stereocenters. The van der Waals surface area contributed by atoms with Gasteiger partial charge < -0.3 is 25.2 Å². The third kappa shape index (κ3) is 7.08. The van der Waals surface area contributed by atoms with Gasteiger partial charge in [-0.15, -0.1) is 12.4 Å². The zero-order valence-electron chi connectivity index (χ0n) is 26.1. The van der Waals surface area contributed by atoms with E-state index < -0.39 is 36.0 Å². The van der Waals surface area contributed by atoms with Gasteiger partial charge in [0.2, 0.25) is 11.8 Å². The summed E-state index contributed by atoms with van der Waals surface area (Å²) in [5.74, 6) is -5.16. The SMILES string of the molecule is COc1ccccc1C(C(N)=O)c1ccc(C(=O)N2CCC(F)(F)/C(=C\C(=O)N3CCC(N(C)C)CC3)c3ccccc32)cc1.Cl. The van der Waals surface area contributed by atoms with Crippen LogP contribution in [0.5, 0.6) is 5.75 Å². The Kier molecular flexibility index (Phi) is 10.9. The summed E-state index contributed by atoms with van der Waals surface area (Å²) in [5.41, 5.74) is 7.24. The van der Waals surface area contributed by atoms with Crippen molar-refractivity contribution in [3.05, 3.63) is 101 Å². The Morgan fingerprint density at radius 2 is 1.59 bits per heavy atom. The molecular weight excluding hydrogens is 614 g/mol. The third-order valence-electron chi connectivity index (χ3n) is 8.77. The van der Waals surface area contributed by atoms with Crippen LogP contribution < -0.4 is 15.4 Å². The Morgan fingerprint density at radius 1 is 0.957 bits per heavy atom. The average molecular weight is 653 g/mol. The highest BCUT2D eigenvalue weighted by Crippen LogP contribution is 2.43. The van der Waals surface area contributed by atoms with Crippen LogP contribution in [0.2, 0.25) is 0 Å². The molecule has 0 spiro atoms. The molecule has 2 aliphatic heterocycles. The Labute approximate surface area is 274 Å². The molecule has 5 rings (SSSR count). The van der Waals surface area contributed by atoms with E-state index in [-0.39, 0.29) is 35.7 Å². The van der Waals surface area contributed by atoms with E-state index in [0.717, 1.165) is 18.9 Å². The van der Waals surface area contributed by atoms with E-state index in [9.17, 15) is 14.4 Å². The van der Waals surface area contributed by atoms with Crippen molar-refractivity contribution in [2.24, 2.45) is 5.73 Å². The number of carbonyl (C=O) groups excluding carboxylic acids is 3. The number of benzene rings is 3. The molecule has 0 aromatic heterocycles.